The van der Waals surface area contributed by atoms with Gasteiger partial charge in [0.2, 0.25) is 5.91 Å². The van der Waals surface area contributed by atoms with Gasteiger partial charge in [0.1, 0.15) is 0 Å². The Kier molecular flexibility index (Phi) is 7.78. The highest BCUT2D eigenvalue weighted by Crippen LogP contribution is 2.37. The zero-order valence-corrected chi connectivity index (χ0v) is 24.6. The molecule has 0 aliphatic carbocycles. The molecule has 3 aliphatic heterocycles. The average Bonchev–Trinajstić information content (AvgIpc) is 3.43. The van der Waals surface area contributed by atoms with Crippen molar-refractivity contribution in [2.75, 3.05) is 32.8 Å². The van der Waals surface area contributed by atoms with Gasteiger partial charge in [0.25, 0.3) is 0 Å². The Hall–Kier alpha value is -3.55. The van der Waals surface area contributed by atoms with E-state index in [-0.39, 0.29) is 5.91 Å². The first-order valence-electron chi connectivity index (χ1n) is 15.8. The van der Waals surface area contributed by atoms with Crippen LogP contribution in [0.15, 0.2) is 54.7 Å². The number of nitrogens with zero attached hydrogens (tertiary/aromatic N) is 4. The van der Waals surface area contributed by atoms with Crippen molar-refractivity contribution in [2.24, 2.45) is 5.92 Å². The van der Waals surface area contributed by atoms with Gasteiger partial charge < -0.3 is 15.0 Å². The molecule has 1 amide bonds. The van der Waals surface area contributed by atoms with Crippen LogP contribution < -0.4 is 5.32 Å². The number of hydrogen-bond acceptors (Lipinski definition) is 5. The van der Waals surface area contributed by atoms with E-state index in [0.717, 1.165) is 97.7 Å². The molecular weight excluding hydrogens is 522 g/mol. The molecule has 218 valence electrons. The van der Waals surface area contributed by atoms with Crippen LogP contribution in [0.25, 0.3) is 33.3 Å². The van der Waals surface area contributed by atoms with E-state index in [9.17, 15) is 4.79 Å². The van der Waals surface area contributed by atoms with Crippen LogP contribution in [0, 0.1) is 5.92 Å². The number of benzene rings is 2. The summed E-state index contributed by atoms with van der Waals surface area (Å²) in [4.78, 5) is 19.2. The molecule has 42 heavy (non-hydrogen) atoms. The molecule has 7 heteroatoms. The van der Waals surface area contributed by atoms with E-state index in [1.807, 2.05) is 11.1 Å². The van der Waals surface area contributed by atoms with Crippen LogP contribution >= 0.6 is 0 Å². The lowest BCUT2D eigenvalue weighted by Gasteiger charge is -2.29. The molecule has 0 spiro atoms. The van der Waals surface area contributed by atoms with Gasteiger partial charge in [-0.1, -0.05) is 42.5 Å². The van der Waals surface area contributed by atoms with E-state index >= 15 is 0 Å². The molecule has 7 nitrogen and oxygen atoms in total. The van der Waals surface area contributed by atoms with Gasteiger partial charge >= 0.3 is 0 Å². The van der Waals surface area contributed by atoms with Gasteiger partial charge in [-0.25, -0.2) is 0 Å². The first-order chi connectivity index (χ1) is 20.6. The molecule has 0 radical (unpaired) electrons. The topological polar surface area (TPSA) is 72.3 Å². The molecule has 2 aromatic carbocycles. The summed E-state index contributed by atoms with van der Waals surface area (Å²) in [5.74, 6) is 0.966. The molecule has 2 saturated heterocycles. The molecule has 2 aromatic heterocycles. The number of fused-ring (bicyclic) bond motifs is 2. The molecular formula is C35H41N5O2. The Bertz CT molecular complexity index is 1560. The maximum absolute atomic E-state index is 12.3. The predicted octanol–water partition coefficient (Wildman–Crippen LogP) is 5.95. The second-order valence-electron chi connectivity index (χ2n) is 12.3. The summed E-state index contributed by atoms with van der Waals surface area (Å²) >= 11 is 0. The van der Waals surface area contributed by atoms with E-state index in [4.69, 9.17) is 14.8 Å². The molecule has 5 heterocycles. The van der Waals surface area contributed by atoms with Crippen LogP contribution in [0.3, 0.4) is 0 Å². The van der Waals surface area contributed by atoms with Crippen LogP contribution in [0.5, 0.6) is 0 Å². The van der Waals surface area contributed by atoms with Crippen molar-refractivity contribution in [3.8, 4) is 22.5 Å². The van der Waals surface area contributed by atoms with E-state index in [1.165, 1.54) is 36.1 Å². The third-order valence-electron chi connectivity index (χ3n) is 9.64. The van der Waals surface area contributed by atoms with Crippen molar-refractivity contribution in [3.63, 3.8) is 0 Å². The fraction of sp³-hybridized carbons (Fsp3) is 0.457. The minimum absolute atomic E-state index is 0.118. The molecule has 4 aromatic rings. The highest BCUT2D eigenvalue weighted by atomic mass is 16.5. The van der Waals surface area contributed by atoms with Gasteiger partial charge in [-0.2, -0.15) is 5.10 Å². The second kappa shape index (κ2) is 12.0. The maximum Gasteiger partial charge on any atom is 0.219 e. The number of hydrogen-bond donors (Lipinski definition) is 1. The Balaban J connectivity index is 1.18. The van der Waals surface area contributed by atoms with E-state index in [1.54, 1.807) is 6.92 Å². The van der Waals surface area contributed by atoms with E-state index in [0.29, 0.717) is 12.6 Å². The summed E-state index contributed by atoms with van der Waals surface area (Å²) in [6, 6.07) is 18.0. The smallest absolute Gasteiger partial charge is 0.219 e. The zero-order chi connectivity index (χ0) is 28.5. The summed E-state index contributed by atoms with van der Waals surface area (Å²) < 4.78 is 7.91. The first-order valence-corrected chi connectivity index (χ1v) is 15.8. The average molecular weight is 564 g/mol. The van der Waals surface area contributed by atoms with Gasteiger partial charge in [0.05, 0.1) is 17.4 Å². The third-order valence-corrected chi connectivity index (χ3v) is 9.64. The fourth-order valence-corrected chi connectivity index (χ4v) is 7.08. The molecule has 0 unspecified atom stereocenters. The number of rotatable bonds is 6. The molecule has 0 atom stereocenters. The minimum Gasteiger partial charge on any atom is -0.381 e. The van der Waals surface area contributed by atoms with Crippen molar-refractivity contribution in [3.05, 3.63) is 71.5 Å². The lowest BCUT2D eigenvalue weighted by Crippen LogP contribution is -2.35. The summed E-state index contributed by atoms with van der Waals surface area (Å²) in [7, 11) is 0. The Morgan fingerprint density at radius 1 is 1.05 bits per heavy atom. The number of ether oxygens (including phenoxy) is 1. The lowest BCUT2D eigenvalue weighted by atomic mass is 9.91. The summed E-state index contributed by atoms with van der Waals surface area (Å²) in [5.41, 5.74) is 8.07. The highest BCUT2D eigenvalue weighted by Gasteiger charge is 2.30. The zero-order valence-electron chi connectivity index (χ0n) is 24.6. The highest BCUT2D eigenvalue weighted by molar-refractivity contribution is 5.97. The normalized spacial score (nSPS) is 18.4. The van der Waals surface area contributed by atoms with Crippen molar-refractivity contribution in [1.82, 2.24) is 25.0 Å². The summed E-state index contributed by atoms with van der Waals surface area (Å²) in [6.45, 7) is 6.88. The maximum atomic E-state index is 12.3. The number of amides is 1. The first kappa shape index (κ1) is 27.3. The Labute approximate surface area is 248 Å². The van der Waals surface area contributed by atoms with Gasteiger partial charge in [0, 0.05) is 73.6 Å². The largest absolute Gasteiger partial charge is 0.381 e. The van der Waals surface area contributed by atoms with Gasteiger partial charge in [0.15, 0.2) is 0 Å². The molecule has 1 N–H and O–H groups in total. The van der Waals surface area contributed by atoms with Gasteiger partial charge in [-0.05, 0) is 74.5 Å². The van der Waals surface area contributed by atoms with Crippen LogP contribution in [0.4, 0.5) is 0 Å². The van der Waals surface area contributed by atoms with Gasteiger partial charge in [-0.15, -0.1) is 0 Å². The van der Waals surface area contributed by atoms with Crippen LogP contribution in [0.2, 0.25) is 0 Å². The molecule has 3 aliphatic rings. The standard InChI is InChI=1S/C35H41N5O2/c1-24(41)39-18-13-34-32(23-39)35(38-40(34)29-14-19-42-20-15-29)30-4-2-3-28-21-33(37-22-31(28)30)27-9-7-25(8-10-27)5-6-26-11-16-36-17-12-26/h2-4,7-10,21-22,26,29,36H,5-6,11-20,23H2,1H3. The molecule has 2 fully saturated rings. The lowest BCUT2D eigenvalue weighted by molar-refractivity contribution is -0.129. The number of carbonyl (C=O) groups excluding carboxylic acids is 1. The van der Waals surface area contributed by atoms with Crippen molar-refractivity contribution < 1.29 is 9.53 Å². The minimum atomic E-state index is 0.118. The third kappa shape index (κ3) is 5.48. The number of nitrogens with one attached hydrogen (secondary N) is 1. The predicted molar refractivity (Wildman–Crippen MR) is 166 cm³/mol. The fourth-order valence-electron chi connectivity index (χ4n) is 7.08. The van der Waals surface area contributed by atoms with Crippen molar-refractivity contribution in [2.45, 2.75) is 64.5 Å². The van der Waals surface area contributed by atoms with Crippen LogP contribution in [-0.2, 0) is 28.9 Å². The number of carbonyl (C=O) groups is 1. The number of aromatic nitrogens is 3. The van der Waals surface area contributed by atoms with Crippen molar-refractivity contribution >= 4 is 16.7 Å². The summed E-state index contributed by atoms with van der Waals surface area (Å²) in [6.07, 6.45) is 9.81. The molecule has 0 bridgehead atoms. The number of piperidine rings is 1. The molecule has 0 saturated carbocycles. The Morgan fingerprint density at radius 2 is 1.86 bits per heavy atom. The van der Waals surface area contributed by atoms with Crippen molar-refractivity contribution in [1.29, 1.82) is 0 Å². The number of pyridine rings is 1. The SMILES string of the molecule is CC(=O)N1CCc2c(c(-c3cccc4cc(-c5ccc(CCC6CCNCC6)cc5)ncc34)nn2C2CCOCC2)C1. The van der Waals surface area contributed by atoms with Crippen LogP contribution in [0.1, 0.15) is 61.9 Å². The Morgan fingerprint density at radius 3 is 2.64 bits per heavy atom. The van der Waals surface area contributed by atoms with Crippen LogP contribution in [-0.4, -0.2) is 58.4 Å². The second-order valence-corrected chi connectivity index (χ2v) is 12.3. The van der Waals surface area contributed by atoms with E-state index < -0.39 is 0 Å². The molecule has 7 rings (SSSR count). The number of aryl methyl sites for hydroxylation is 1. The van der Waals surface area contributed by atoms with Gasteiger partial charge in [-0.3, -0.25) is 14.5 Å². The monoisotopic (exact) mass is 563 g/mol. The summed E-state index contributed by atoms with van der Waals surface area (Å²) in [5, 5.41) is 11.0. The quantitative estimate of drug-likeness (QED) is 0.314. The van der Waals surface area contributed by atoms with E-state index in [2.05, 4.69) is 58.5 Å².